The Balaban J connectivity index is 2.13. The number of aromatic nitrogens is 3. The van der Waals surface area contributed by atoms with Crippen molar-refractivity contribution in [3.05, 3.63) is 48.0 Å². The average molecular weight is 274 g/mol. The Kier molecular flexibility index (Phi) is 4.17. The van der Waals surface area contributed by atoms with E-state index in [2.05, 4.69) is 20.1 Å². The van der Waals surface area contributed by atoms with Crippen LogP contribution in [0.1, 0.15) is 16.1 Å². The van der Waals surface area contributed by atoms with E-state index in [1.165, 1.54) is 30.7 Å². The summed E-state index contributed by atoms with van der Waals surface area (Å²) in [5.74, 6) is -1.10. The van der Waals surface area contributed by atoms with E-state index in [1.54, 1.807) is 6.07 Å². The maximum atomic E-state index is 10.9. The second kappa shape index (κ2) is 6.23. The smallest absolute Gasteiger partial charge is 0.335 e. The predicted molar refractivity (Wildman–Crippen MR) is 67.0 cm³/mol. The van der Waals surface area contributed by atoms with Crippen LogP contribution in [0.2, 0.25) is 0 Å². The zero-order valence-corrected chi connectivity index (χ0v) is 10.2. The van der Waals surface area contributed by atoms with Crippen molar-refractivity contribution < 1.29 is 19.8 Å². The summed E-state index contributed by atoms with van der Waals surface area (Å²) in [6.07, 6.45) is 4.31. The lowest BCUT2D eigenvalue weighted by molar-refractivity contribution is 0.0696. The lowest BCUT2D eigenvalue weighted by atomic mass is 10.2. The molecule has 0 atom stereocenters. The molecule has 0 amide bonds. The van der Waals surface area contributed by atoms with Crippen LogP contribution in [0.25, 0.3) is 0 Å². The Morgan fingerprint density at radius 3 is 2.65 bits per heavy atom. The Bertz CT molecular complexity index is 630. The quantitative estimate of drug-likeness (QED) is 0.471. The van der Waals surface area contributed by atoms with Crippen molar-refractivity contribution in [3.63, 3.8) is 0 Å². The zero-order chi connectivity index (χ0) is 14.4. The van der Waals surface area contributed by atoms with Gasteiger partial charge in [-0.05, 0) is 18.2 Å². The molecule has 0 aromatic carbocycles. The van der Waals surface area contributed by atoms with Crippen molar-refractivity contribution in [1.29, 1.82) is 0 Å². The third kappa shape index (κ3) is 3.25. The highest BCUT2D eigenvalue weighted by Crippen LogP contribution is 2.05. The molecule has 0 fully saturated rings. The van der Waals surface area contributed by atoms with Crippen LogP contribution >= 0.6 is 0 Å². The molecule has 0 unspecified atom stereocenters. The maximum Gasteiger partial charge on any atom is 0.335 e. The number of aromatic carboxylic acids is 1. The number of rotatable bonds is 5. The van der Waals surface area contributed by atoms with E-state index in [9.17, 15) is 4.79 Å². The molecule has 2 N–H and O–H groups in total. The van der Waals surface area contributed by atoms with Gasteiger partial charge in [-0.3, -0.25) is 4.98 Å². The largest absolute Gasteiger partial charge is 0.478 e. The summed E-state index contributed by atoms with van der Waals surface area (Å²) in [5.41, 5.74) is 0.302. The molecule has 102 valence electrons. The molecule has 8 nitrogen and oxygen atoms in total. The molecule has 0 aliphatic carbocycles. The number of nitrogens with zero attached hydrogens (tertiary/aromatic N) is 4. The molecular formula is C12H10N4O4. The first-order valence-corrected chi connectivity index (χ1v) is 5.51. The molecule has 0 aliphatic heterocycles. The third-order valence-electron chi connectivity index (χ3n) is 2.30. The molecule has 0 saturated heterocycles. The molecule has 2 aromatic heterocycles. The second-order valence-electron chi connectivity index (χ2n) is 3.60. The van der Waals surface area contributed by atoms with Crippen LogP contribution in [0.15, 0.2) is 41.9 Å². The molecule has 0 spiro atoms. The van der Waals surface area contributed by atoms with Gasteiger partial charge in [0.2, 0.25) is 0 Å². The van der Waals surface area contributed by atoms with Crippen LogP contribution in [-0.2, 0) is 0 Å². The first-order valence-electron chi connectivity index (χ1n) is 5.51. The number of ether oxygens (including phenoxy) is 1. The van der Waals surface area contributed by atoms with E-state index in [1.807, 2.05) is 0 Å². The summed E-state index contributed by atoms with van der Waals surface area (Å²) in [6, 6.07) is 4.36. The first kappa shape index (κ1) is 13.4. The maximum absolute atomic E-state index is 10.9. The molecule has 8 heteroatoms. The minimum atomic E-state index is -1.10. The van der Waals surface area contributed by atoms with Crippen LogP contribution in [0.4, 0.5) is 0 Å². The summed E-state index contributed by atoms with van der Waals surface area (Å²) in [6.45, 7) is -0.142. The SMILES string of the molecule is O=C(O)c1ccnc(/C(COc2ncccn2)=N/O)c1. The highest BCUT2D eigenvalue weighted by atomic mass is 16.5. The van der Waals surface area contributed by atoms with Crippen molar-refractivity contribution in [2.24, 2.45) is 5.16 Å². The molecule has 0 bridgehead atoms. The van der Waals surface area contributed by atoms with E-state index < -0.39 is 5.97 Å². The summed E-state index contributed by atoms with van der Waals surface area (Å²) in [4.78, 5) is 22.5. The van der Waals surface area contributed by atoms with Gasteiger partial charge < -0.3 is 15.1 Å². The van der Waals surface area contributed by atoms with Crippen molar-refractivity contribution in [1.82, 2.24) is 15.0 Å². The predicted octanol–water partition coefficient (Wildman–Crippen LogP) is 0.827. The van der Waals surface area contributed by atoms with Gasteiger partial charge in [0.15, 0.2) is 0 Å². The van der Waals surface area contributed by atoms with Gasteiger partial charge in [0, 0.05) is 18.6 Å². The molecule has 2 rings (SSSR count). The minimum Gasteiger partial charge on any atom is -0.478 e. The number of carboxylic acids is 1. The van der Waals surface area contributed by atoms with E-state index in [4.69, 9.17) is 15.1 Å². The Morgan fingerprint density at radius 2 is 2.00 bits per heavy atom. The van der Waals surface area contributed by atoms with Gasteiger partial charge in [0.25, 0.3) is 0 Å². The fraction of sp³-hybridized carbons (Fsp3) is 0.0833. The standard InChI is InChI=1S/C12H10N4O4/c17-11(18)8-2-5-13-9(6-8)10(16-19)7-20-12-14-3-1-4-15-12/h1-6,19H,7H2,(H,17,18)/b16-10+. The fourth-order valence-electron chi connectivity index (χ4n) is 1.37. The van der Waals surface area contributed by atoms with Gasteiger partial charge in [0.1, 0.15) is 12.3 Å². The lowest BCUT2D eigenvalue weighted by Gasteiger charge is -2.06. The number of hydrogen-bond acceptors (Lipinski definition) is 7. The number of oxime groups is 1. The van der Waals surface area contributed by atoms with Gasteiger partial charge in [-0.25, -0.2) is 14.8 Å². The number of carbonyl (C=O) groups is 1. The monoisotopic (exact) mass is 274 g/mol. The minimum absolute atomic E-state index is 0.0344. The zero-order valence-electron chi connectivity index (χ0n) is 10.2. The Labute approximate surface area is 113 Å². The van der Waals surface area contributed by atoms with Crippen LogP contribution in [-0.4, -0.2) is 43.6 Å². The number of carboxylic acid groups (broad SMARTS) is 1. The Morgan fingerprint density at radius 1 is 1.25 bits per heavy atom. The summed E-state index contributed by atoms with van der Waals surface area (Å²) < 4.78 is 5.21. The van der Waals surface area contributed by atoms with Gasteiger partial charge in [-0.2, -0.15) is 0 Å². The van der Waals surface area contributed by atoms with Gasteiger partial charge in [0.05, 0.1) is 11.3 Å². The van der Waals surface area contributed by atoms with Crippen molar-refractivity contribution in [3.8, 4) is 6.01 Å². The molecule has 2 heterocycles. The lowest BCUT2D eigenvalue weighted by Crippen LogP contribution is -2.16. The van der Waals surface area contributed by atoms with Crippen molar-refractivity contribution in [2.75, 3.05) is 6.61 Å². The highest BCUT2D eigenvalue weighted by molar-refractivity contribution is 6.01. The third-order valence-corrected chi connectivity index (χ3v) is 2.30. The van der Waals surface area contributed by atoms with Crippen LogP contribution in [0.5, 0.6) is 6.01 Å². The van der Waals surface area contributed by atoms with Gasteiger partial charge >= 0.3 is 12.0 Å². The number of pyridine rings is 1. The van der Waals surface area contributed by atoms with Crippen LogP contribution < -0.4 is 4.74 Å². The highest BCUT2D eigenvalue weighted by Gasteiger charge is 2.11. The first-order chi connectivity index (χ1) is 9.70. The Hall–Kier alpha value is -3.03. The van der Waals surface area contributed by atoms with E-state index in [0.29, 0.717) is 0 Å². The normalized spacial score (nSPS) is 11.1. The second-order valence-corrected chi connectivity index (χ2v) is 3.60. The molecular weight excluding hydrogens is 264 g/mol. The molecule has 0 aliphatic rings. The van der Waals surface area contributed by atoms with Gasteiger partial charge in [-0.1, -0.05) is 5.16 Å². The van der Waals surface area contributed by atoms with Crippen LogP contribution in [0, 0.1) is 0 Å². The summed E-state index contributed by atoms with van der Waals surface area (Å²) in [7, 11) is 0. The molecule has 2 aromatic rings. The summed E-state index contributed by atoms with van der Waals surface area (Å²) in [5, 5.41) is 20.9. The average Bonchev–Trinajstić information content (AvgIpc) is 2.49. The fourth-order valence-corrected chi connectivity index (χ4v) is 1.37. The molecule has 0 saturated carbocycles. The van der Waals surface area contributed by atoms with Crippen molar-refractivity contribution in [2.45, 2.75) is 0 Å². The summed E-state index contributed by atoms with van der Waals surface area (Å²) >= 11 is 0. The molecule has 0 radical (unpaired) electrons. The number of hydrogen-bond donors (Lipinski definition) is 2. The van der Waals surface area contributed by atoms with E-state index in [0.717, 1.165) is 0 Å². The topological polar surface area (TPSA) is 118 Å². The van der Waals surface area contributed by atoms with E-state index >= 15 is 0 Å². The van der Waals surface area contributed by atoms with E-state index in [-0.39, 0.29) is 29.6 Å². The van der Waals surface area contributed by atoms with Gasteiger partial charge in [-0.15, -0.1) is 0 Å². The molecule has 20 heavy (non-hydrogen) atoms. The van der Waals surface area contributed by atoms with Crippen LogP contribution in [0.3, 0.4) is 0 Å². The van der Waals surface area contributed by atoms with Crippen molar-refractivity contribution >= 4 is 11.7 Å².